The Bertz CT molecular complexity index is 1400. The number of fused-ring (bicyclic) bond motifs is 1. The van der Waals surface area contributed by atoms with Crippen LogP contribution in [-0.4, -0.2) is 40.0 Å². The Kier molecular flexibility index (Phi) is 7.49. The van der Waals surface area contributed by atoms with Gasteiger partial charge in [0.25, 0.3) is 5.91 Å². The van der Waals surface area contributed by atoms with Crippen LogP contribution in [0.2, 0.25) is 5.02 Å². The predicted octanol–water partition coefficient (Wildman–Crippen LogP) is 2.36. The van der Waals surface area contributed by atoms with Gasteiger partial charge in [0.1, 0.15) is 6.61 Å². The molecule has 180 valence electrons. The number of aryl methyl sites for hydroxylation is 1. The third-order valence-electron chi connectivity index (χ3n) is 5.86. The number of aromatic nitrogens is 2. The Morgan fingerprint density at radius 1 is 1.26 bits per heavy atom. The number of aliphatic hydroxyl groups is 1. The average Bonchev–Trinajstić information content (AvgIpc) is 2.84. The van der Waals surface area contributed by atoms with Crippen LogP contribution >= 0.6 is 11.6 Å². The maximum atomic E-state index is 13.4. The van der Waals surface area contributed by atoms with Gasteiger partial charge < -0.3 is 15.2 Å². The maximum absolute atomic E-state index is 13.4. The van der Waals surface area contributed by atoms with Crippen molar-refractivity contribution in [3.8, 4) is 11.8 Å². The lowest BCUT2D eigenvalue weighted by Crippen LogP contribution is -2.31. The van der Waals surface area contributed by atoms with Crippen molar-refractivity contribution < 1.29 is 19.4 Å². The molecule has 0 aliphatic carbocycles. The van der Waals surface area contributed by atoms with Crippen LogP contribution in [-0.2, 0) is 29.5 Å². The van der Waals surface area contributed by atoms with Gasteiger partial charge in [-0.25, -0.2) is 0 Å². The summed E-state index contributed by atoms with van der Waals surface area (Å²) in [6, 6.07) is 10.6. The van der Waals surface area contributed by atoms with Crippen LogP contribution < -0.4 is 10.7 Å². The second-order valence-electron chi connectivity index (χ2n) is 8.39. The molecule has 1 saturated heterocycles. The highest BCUT2D eigenvalue weighted by molar-refractivity contribution is 6.30. The van der Waals surface area contributed by atoms with Crippen LogP contribution in [0.4, 0.5) is 0 Å². The number of rotatable bonds is 5. The van der Waals surface area contributed by atoms with Crippen molar-refractivity contribution in [1.82, 2.24) is 15.1 Å². The number of esters is 1. The van der Waals surface area contributed by atoms with Gasteiger partial charge in [0.05, 0.1) is 23.1 Å². The van der Waals surface area contributed by atoms with E-state index in [-0.39, 0.29) is 30.7 Å². The summed E-state index contributed by atoms with van der Waals surface area (Å²) in [7, 11) is 1.64. The number of nitrogens with zero attached hydrogens (tertiary/aromatic N) is 2. The van der Waals surface area contributed by atoms with Gasteiger partial charge in [-0.3, -0.25) is 19.1 Å². The van der Waals surface area contributed by atoms with Crippen molar-refractivity contribution >= 4 is 34.4 Å². The van der Waals surface area contributed by atoms with Gasteiger partial charge in [0.2, 0.25) is 5.43 Å². The molecule has 2 aromatic carbocycles. The minimum atomic E-state index is -0.592. The number of carbonyl (C=O) groups excluding carboxylic acids is 2. The molecule has 1 fully saturated rings. The Hall–Kier alpha value is -3.67. The molecule has 2 N–H and O–H groups in total. The number of cyclic esters (lactones) is 1. The normalized spacial score (nSPS) is 15.3. The fraction of sp³-hybridized carbons (Fsp3) is 0.308. The van der Waals surface area contributed by atoms with E-state index in [0.29, 0.717) is 40.9 Å². The molecule has 1 aliphatic heterocycles. The molecule has 1 unspecified atom stereocenters. The van der Waals surface area contributed by atoms with E-state index in [1.807, 2.05) is 6.07 Å². The van der Waals surface area contributed by atoms with E-state index in [1.165, 1.54) is 4.68 Å². The molecule has 1 aliphatic rings. The molecule has 9 heteroatoms. The molecule has 1 amide bonds. The summed E-state index contributed by atoms with van der Waals surface area (Å²) in [6.07, 6.45) is 1.60. The van der Waals surface area contributed by atoms with Gasteiger partial charge in [-0.2, -0.15) is 5.10 Å². The van der Waals surface area contributed by atoms with E-state index in [0.717, 1.165) is 17.5 Å². The summed E-state index contributed by atoms with van der Waals surface area (Å²) in [5, 5.41) is 17.1. The molecule has 8 nitrogen and oxygen atoms in total. The Balaban J connectivity index is 1.71. The highest BCUT2D eigenvalue weighted by Crippen LogP contribution is 2.24. The summed E-state index contributed by atoms with van der Waals surface area (Å²) in [4.78, 5) is 37.9. The Morgan fingerprint density at radius 2 is 2.03 bits per heavy atom. The fourth-order valence-corrected chi connectivity index (χ4v) is 4.32. The largest absolute Gasteiger partial charge is 0.466 e. The van der Waals surface area contributed by atoms with E-state index in [9.17, 15) is 19.5 Å². The van der Waals surface area contributed by atoms with E-state index >= 15 is 0 Å². The number of aliphatic hydroxyl groups excluding tert-OH is 1. The van der Waals surface area contributed by atoms with E-state index < -0.39 is 11.3 Å². The number of hydrogen-bond donors (Lipinski definition) is 2. The first-order chi connectivity index (χ1) is 16.9. The fourth-order valence-electron chi connectivity index (χ4n) is 4.20. The third-order valence-corrected chi connectivity index (χ3v) is 6.11. The van der Waals surface area contributed by atoms with Gasteiger partial charge in [0, 0.05) is 25.0 Å². The lowest BCUT2D eigenvalue weighted by molar-refractivity contribution is -0.149. The lowest BCUT2D eigenvalue weighted by atomic mass is 9.90. The topological polar surface area (TPSA) is 111 Å². The first-order valence-electron chi connectivity index (χ1n) is 11.2. The molecule has 0 spiro atoms. The minimum Gasteiger partial charge on any atom is -0.466 e. The lowest BCUT2D eigenvalue weighted by Gasteiger charge is -2.21. The summed E-state index contributed by atoms with van der Waals surface area (Å²) in [5.41, 5.74) is 1.89. The van der Waals surface area contributed by atoms with Gasteiger partial charge in [-0.05, 0) is 54.2 Å². The number of amides is 1. The SMILES string of the molecule is Cn1nc(C(=O)NCc2ccc(Cl)cc2)c(=O)c2cc(CC3CCOC(=O)C3)cc(C#CCO)c21. The molecule has 0 bridgehead atoms. The number of hydrogen-bond acceptors (Lipinski definition) is 6. The Morgan fingerprint density at radius 3 is 2.74 bits per heavy atom. The van der Waals surface area contributed by atoms with Crippen LogP contribution in [0.5, 0.6) is 0 Å². The van der Waals surface area contributed by atoms with Crippen LogP contribution in [0, 0.1) is 17.8 Å². The number of halogens is 1. The molecular formula is C26H24ClN3O5. The van der Waals surface area contributed by atoms with Crippen LogP contribution in [0.3, 0.4) is 0 Å². The average molecular weight is 494 g/mol. The highest BCUT2D eigenvalue weighted by Gasteiger charge is 2.23. The monoisotopic (exact) mass is 493 g/mol. The summed E-state index contributed by atoms with van der Waals surface area (Å²) < 4.78 is 6.48. The van der Waals surface area contributed by atoms with Crippen LogP contribution in [0.1, 0.15) is 40.0 Å². The molecule has 1 aromatic heterocycles. The molecule has 0 saturated carbocycles. The van der Waals surface area contributed by atoms with Crippen molar-refractivity contribution in [3.05, 3.63) is 74.0 Å². The number of nitrogens with one attached hydrogen (secondary N) is 1. The zero-order chi connectivity index (χ0) is 24.9. The molecule has 0 radical (unpaired) electrons. The van der Waals surface area contributed by atoms with Gasteiger partial charge >= 0.3 is 5.97 Å². The zero-order valence-electron chi connectivity index (χ0n) is 19.1. The number of carbonyl (C=O) groups is 2. The molecular weight excluding hydrogens is 470 g/mol. The van der Waals surface area contributed by atoms with E-state index in [1.54, 1.807) is 37.4 Å². The first-order valence-corrected chi connectivity index (χ1v) is 11.6. The van der Waals surface area contributed by atoms with E-state index in [4.69, 9.17) is 16.3 Å². The molecule has 35 heavy (non-hydrogen) atoms. The maximum Gasteiger partial charge on any atom is 0.306 e. The predicted molar refractivity (Wildman–Crippen MR) is 131 cm³/mol. The third kappa shape index (κ3) is 5.70. The van der Waals surface area contributed by atoms with Gasteiger partial charge in [-0.1, -0.05) is 35.6 Å². The standard InChI is InChI=1S/C26H24ClN3O5/c1-30-24-19(3-2-9-31)12-18(11-17-8-10-35-22(32)14-17)13-21(24)25(33)23(29-30)26(34)28-15-16-4-6-20(27)7-5-16/h4-7,12-13,17,31H,8-11,14-15H2,1H3,(H,28,34). The van der Waals surface area contributed by atoms with Crippen molar-refractivity contribution in [2.24, 2.45) is 13.0 Å². The number of ether oxygens (including phenoxy) is 1. The highest BCUT2D eigenvalue weighted by atomic mass is 35.5. The second-order valence-corrected chi connectivity index (χ2v) is 8.83. The van der Waals surface area contributed by atoms with Crippen molar-refractivity contribution in [1.29, 1.82) is 0 Å². The molecule has 1 atom stereocenters. The molecule has 2 heterocycles. The number of benzene rings is 2. The van der Waals surface area contributed by atoms with Gasteiger partial charge in [-0.15, -0.1) is 0 Å². The summed E-state index contributed by atoms with van der Waals surface area (Å²) in [6.45, 7) is 0.245. The minimum absolute atomic E-state index is 0.0835. The second kappa shape index (κ2) is 10.7. The molecule has 3 aromatic rings. The first kappa shape index (κ1) is 24.5. The van der Waals surface area contributed by atoms with Crippen molar-refractivity contribution in [2.45, 2.75) is 25.8 Å². The molecule has 4 rings (SSSR count). The van der Waals surface area contributed by atoms with E-state index in [2.05, 4.69) is 22.3 Å². The van der Waals surface area contributed by atoms with Gasteiger partial charge in [0.15, 0.2) is 5.69 Å². The smallest absolute Gasteiger partial charge is 0.306 e. The quantitative estimate of drug-likeness (QED) is 0.417. The summed E-state index contributed by atoms with van der Waals surface area (Å²) in [5.74, 6) is 4.77. The zero-order valence-corrected chi connectivity index (χ0v) is 19.9. The van der Waals surface area contributed by atoms with Crippen molar-refractivity contribution in [2.75, 3.05) is 13.2 Å². The van der Waals surface area contributed by atoms with Crippen LogP contribution in [0.15, 0.2) is 41.2 Å². The van der Waals surface area contributed by atoms with Crippen molar-refractivity contribution in [3.63, 3.8) is 0 Å². The summed E-state index contributed by atoms with van der Waals surface area (Å²) >= 11 is 5.90. The van der Waals surface area contributed by atoms with Crippen LogP contribution in [0.25, 0.3) is 10.9 Å². The Labute approximate surface area is 206 Å².